The van der Waals surface area contributed by atoms with Gasteiger partial charge in [-0.15, -0.1) is 11.3 Å². The first kappa shape index (κ1) is 14.7. The van der Waals surface area contributed by atoms with Crippen LogP contribution in [0.4, 0.5) is 0 Å². The smallest absolute Gasteiger partial charge is 0.142 e. The summed E-state index contributed by atoms with van der Waals surface area (Å²) >= 11 is 1.84. The maximum Gasteiger partial charge on any atom is 0.142 e. The van der Waals surface area contributed by atoms with Gasteiger partial charge in [-0.05, 0) is 40.0 Å². The summed E-state index contributed by atoms with van der Waals surface area (Å²) in [5.41, 5.74) is 2.61. The van der Waals surface area contributed by atoms with Crippen LogP contribution in [0.3, 0.4) is 0 Å². The van der Waals surface area contributed by atoms with E-state index in [1.54, 1.807) is 0 Å². The first-order chi connectivity index (χ1) is 9.94. The first-order valence-electron chi connectivity index (χ1n) is 7.65. The maximum atomic E-state index is 4.95. The molecule has 114 valence electrons. The molecule has 21 heavy (non-hydrogen) atoms. The van der Waals surface area contributed by atoms with Crippen LogP contribution < -0.4 is 5.32 Å². The molecule has 0 saturated carbocycles. The second-order valence-electron chi connectivity index (χ2n) is 6.94. The van der Waals surface area contributed by atoms with E-state index in [4.69, 9.17) is 4.98 Å². The summed E-state index contributed by atoms with van der Waals surface area (Å²) in [5, 5.41) is 4.75. The highest BCUT2D eigenvalue weighted by atomic mass is 32.1. The third kappa shape index (κ3) is 3.19. The van der Waals surface area contributed by atoms with Gasteiger partial charge in [0.2, 0.25) is 0 Å². The SMILES string of the molecule is Cn1cncc1-c1nc2c(s1)CCCC2CNC(C)(C)C. The van der Waals surface area contributed by atoms with E-state index in [2.05, 4.69) is 31.1 Å². The summed E-state index contributed by atoms with van der Waals surface area (Å²) in [4.78, 5) is 10.6. The van der Waals surface area contributed by atoms with Crippen LogP contribution in [0, 0.1) is 0 Å². The zero-order chi connectivity index (χ0) is 15.0. The highest BCUT2D eigenvalue weighted by Gasteiger charge is 2.26. The van der Waals surface area contributed by atoms with Gasteiger partial charge in [-0.2, -0.15) is 0 Å². The Kier molecular flexibility index (Phi) is 3.88. The molecular formula is C16H24N4S. The molecule has 3 rings (SSSR count). The molecule has 1 atom stereocenters. The van der Waals surface area contributed by atoms with Gasteiger partial charge in [0.25, 0.3) is 0 Å². The number of rotatable bonds is 3. The average Bonchev–Trinajstić information content (AvgIpc) is 3.00. The maximum absolute atomic E-state index is 4.95. The number of thiazole rings is 1. The van der Waals surface area contributed by atoms with Crippen LogP contribution in [0.15, 0.2) is 12.5 Å². The summed E-state index contributed by atoms with van der Waals surface area (Å²) < 4.78 is 2.05. The van der Waals surface area contributed by atoms with Crippen molar-refractivity contribution in [2.75, 3.05) is 6.54 Å². The molecule has 0 saturated heterocycles. The van der Waals surface area contributed by atoms with Gasteiger partial charge in [0, 0.05) is 29.9 Å². The fourth-order valence-corrected chi connectivity index (χ4v) is 4.05. The van der Waals surface area contributed by atoms with Crippen molar-refractivity contribution in [3.8, 4) is 10.7 Å². The van der Waals surface area contributed by atoms with E-state index < -0.39 is 0 Å². The Labute approximate surface area is 130 Å². The molecule has 1 aliphatic carbocycles. The number of aryl methyl sites for hydroxylation is 2. The molecule has 0 spiro atoms. The standard InChI is InChI=1S/C16H24N4S/c1-16(2,3)18-8-11-6-5-7-13-14(11)19-15(21-13)12-9-17-10-20(12)4/h9-11,18H,5-8H2,1-4H3. The molecule has 0 amide bonds. The molecule has 4 nitrogen and oxygen atoms in total. The van der Waals surface area contributed by atoms with Crippen molar-refractivity contribution in [1.82, 2.24) is 19.9 Å². The number of imidazole rings is 1. The van der Waals surface area contributed by atoms with Gasteiger partial charge in [-0.25, -0.2) is 9.97 Å². The lowest BCUT2D eigenvalue weighted by Crippen LogP contribution is -2.39. The van der Waals surface area contributed by atoms with Gasteiger partial charge >= 0.3 is 0 Å². The Morgan fingerprint density at radius 1 is 1.43 bits per heavy atom. The molecule has 0 aromatic carbocycles. The van der Waals surface area contributed by atoms with Gasteiger partial charge in [-0.1, -0.05) is 0 Å². The minimum absolute atomic E-state index is 0.165. The van der Waals surface area contributed by atoms with Crippen LogP contribution in [0.5, 0.6) is 0 Å². The third-order valence-corrected chi connectivity index (χ3v) is 5.14. The minimum atomic E-state index is 0.165. The van der Waals surface area contributed by atoms with Gasteiger partial charge in [0.1, 0.15) is 5.01 Å². The van der Waals surface area contributed by atoms with E-state index in [0.29, 0.717) is 5.92 Å². The number of nitrogens with one attached hydrogen (secondary N) is 1. The van der Waals surface area contributed by atoms with Crippen LogP contribution in [-0.2, 0) is 13.5 Å². The van der Waals surface area contributed by atoms with Crippen molar-refractivity contribution in [2.24, 2.45) is 7.05 Å². The molecule has 5 heteroatoms. The van der Waals surface area contributed by atoms with E-state index in [0.717, 1.165) is 17.2 Å². The second-order valence-corrected chi connectivity index (χ2v) is 8.02. The van der Waals surface area contributed by atoms with E-state index in [1.807, 2.05) is 35.5 Å². The van der Waals surface area contributed by atoms with Crippen molar-refractivity contribution in [1.29, 1.82) is 0 Å². The second kappa shape index (κ2) is 5.54. The highest BCUT2D eigenvalue weighted by Crippen LogP contribution is 2.37. The van der Waals surface area contributed by atoms with Crippen molar-refractivity contribution in [3.05, 3.63) is 23.1 Å². The zero-order valence-electron chi connectivity index (χ0n) is 13.3. The number of hydrogen-bond acceptors (Lipinski definition) is 4. The Morgan fingerprint density at radius 3 is 2.90 bits per heavy atom. The van der Waals surface area contributed by atoms with Crippen molar-refractivity contribution < 1.29 is 0 Å². The fraction of sp³-hybridized carbons (Fsp3) is 0.625. The monoisotopic (exact) mass is 304 g/mol. The number of hydrogen-bond donors (Lipinski definition) is 1. The largest absolute Gasteiger partial charge is 0.332 e. The van der Waals surface area contributed by atoms with Crippen LogP contribution in [0.1, 0.15) is 50.1 Å². The summed E-state index contributed by atoms with van der Waals surface area (Å²) in [6.07, 6.45) is 7.44. The van der Waals surface area contributed by atoms with Crippen LogP contribution in [-0.4, -0.2) is 26.6 Å². The molecule has 1 unspecified atom stereocenters. The molecule has 2 heterocycles. The summed E-state index contributed by atoms with van der Waals surface area (Å²) in [7, 11) is 2.03. The van der Waals surface area contributed by atoms with E-state index >= 15 is 0 Å². The lowest BCUT2D eigenvalue weighted by Gasteiger charge is -2.27. The number of aromatic nitrogens is 3. The number of fused-ring (bicyclic) bond motifs is 1. The van der Waals surface area contributed by atoms with Crippen LogP contribution in [0.2, 0.25) is 0 Å². The highest BCUT2D eigenvalue weighted by molar-refractivity contribution is 7.15. The Hall–Kier alpha value is -1.20. The van der Waals surface area contributed by atoms with Gasteiger partial charge < -0.3 is 9.88 Å². The lowest BCUT2D eigenvalue weighted by atomic mass is 9.90. The normalized spacial score (nSPS) is 18.8. The molecule has 0 aliphatic heterocycles. The number of nitrogens with zero attached hydrogens (tertiary/aromatic N) is 3. The Morgan fingerprint density at radius 2 is 2.24 bits per heavy atom. The average molecular weight is 304 g/mol. The molecule has 1 N–H and O–H groups in total. The quantitative estimate of drug-likeness (QED) is 0.945. The molecule has 2 aromatic heterocycles. The molecule has 2 aromatic rings. The molecule has 0 fully saturated rings. The van der Waals surface area contributed by atoms with E-state index in [9.17, 15) is 0 Å². The van der Waals surface area contributed by atoms with Gasteiger partial charge in [0.15, 0.2) is 0 Å². The van der Waals surface area contributed by atoms with Crippen molar-refractivity contribution in [2.45, 2.75) is 51.5 Å². The minimum Gasteiger partial charge on any atom is -0.332 e. The van der Waals surface area contributed by atoms with Gasteiger partial charge in [-0.3, -0.25) is 0 Å². The third-order valence-electron chi connectivity index (χ3n) is 3.99. The van der Waals surface area contributed by atoms with Crippen LogP contribution >= 0.6 is 11.3 Å². The zero-order valence-corrected chi connectivity index (χ0v) is 14.1. The van der Waals surface area contributed by atoms with E-state index in [1.165, 1.54) is 29.8 Å². The van der Waals surface area contributed by atoms with Crippen molar-refractivity contribution >= 4 is 11.3 Å². The summed E-state index contributed by atoms with van der Waals surface area (Å²) in [6, 6.07) is 0. The summed E-state index contributed by atoms with van der Waals surface area (Å²) in [5.74, 6) is 0.547. The predicted octanol–water partition coefficient (Wildman–Crippen LogP) is 3.35. The lowest BCUT2D eigenvalue weighted by molar-refractivity contribution is 0.388. The predicted molar refractivity (Wildman–Crippen MR) is 87.8 cm³/mol. The fourth-order valence-electron chi connectivity index (χ4n) is 2.81. The Bertz CT molecular complexity index is 621. The molecular weight excluding hydrogens is 280 g/mol. The topological polar surface area (TPSA) is 42.7 Å². The molecule has 1 aliphatic rings. The first-order valence-corrected chi connectivity index (χ1v) is 8.47. The van der Waals surface area contributed by atoms with Crippen LogP contribution in [0.25, 0.3) is 10.7 Å². The summed E-state index contributed by atoms with van der Waals surface area (Å²) in [6.45, 7) is 7.68. The van der Waals surface area contributed by atoms with Gasteiger partial charge in [0.05, 0.1) is 23.9 Å². The Balaban J connectivity index is 1.85. The van der Waals surface area contributed by atoms with Crippen molar-refractivity contribution in [3.63, 3.8) is 0 Å². The molecule has 0 bridgehead atoms. The van der Waals surface area contributed by atoms with E-state index in [-0.39, 0.29) is 5.54 Å². The molecule has 0 radical (unpaired) electrons.